The van der Waals surface area contributed by atoms with Gasteiger partial charge in [0.05, 0.1) is 16.8 Å². The van der Waals surface area contributed by atoms with Gasteiger partial charge in [-0.1, -0.05) is 41.4 Å². The van der Waals surface area contributed by atoms with E-state index in [2.05, 4.69) is 53.3 Å². The van der Waals surface area contributed by atoms with E-state index in [1.54, 1.807) is 0 Å². The van der Waals surface area contributed by atoms with Crippen molar-refractivity contribution >= 4 is 40.7 Å². The number of anilines is 1. The van der Waals surface area contributed by atoms with Gasteiger partial charge in [-0.25, -0.2) is 0 Å². The lowest BCUT2D eigenvalue weighted by Gasteiger charge is -2.43. The molecule has 1 aliphatic heterocycles. The Bertz CT molecular complexity index is 720. The van der Waals surface area contributed by atoms with Crippen LogP contribution in [-0.2, 0) is 0 Å². The SMILES string of the molecule is CSCCCN1CCN(c2ccc(C)cc2Cl)C(c2ccc(Cl)cc2)C1. The highest BCUT2D eigenvalue weighted by Gasteiger charge is 2.29. The van der Waals surface area contributed by atoms with Gasteiger partial charge in [0.1, 0.15) is 0 Å². The monoisotopic (exact) mass is 408 g/mol. The topological polar surface area (TPSA) is 6.48 Å². The number of halogens is 2. The largest absolute Gasteiger partial charge is 0.361 e. The molecule has 1 unspecified atom stereocenters. The van der Waals surface area contributed by atoms with Crippen molar-refractivity contribution in [2.75, 3.05) is 43.1 Å². The Kier molecular flexibility index (Phi) is 7.16. The van der Waals surface area contributed by atoms with Gasteiger partial charge in [0.15, 0.2) is 0 Å². The van der Waals surface area contributed by atoms with E-state index in [0.717, 1.165) is 41.9 Å². The summed E-state index contributed by atoms with van der Waals surface area (Å²) in [7, 11) is 0. The molecule has 0 bridgehead atoms. The molecule has 0 radical (unpaired) electrons. The summed E-state index contributed by atoms with van der Waals surface area (Å²) < 4.78 is 0. The molecule has 5 heteroatoms. The van der Waals surface area contributed by atoms with Gasteiger partial charge in [-0.3, -0.25) is 4.90 Å². The Morgan fingerprint density at radius 3 is 2.54 bits per heavy atom. The van der Waals surface area contributed by atoms with Gasteiger partial charge in [0, 0.05) is 24.7 Å². The number of rotatable bonds is 6. The molecule has 1 aliphatic rings. The molecule has 140 valence electrons. The van der Waals surface area contributed by atoms with Gasteiger partial charge < -0.3 is 4.90 Å². The number of benzene rings is 2. The van der Waals surface area contributed by atoms with E-state index in [1.807, 2.05) is 23.9 Å². The van der Waals surface area contributed by atoms with Gasteiger partial charge in [-0.2, -0.15) is 11.8 Å². The Morgan fingerprint density at radius 1 is 1.08 bits per heavy atom. The number of nitrogens with zero attached hydrogens (tertiary/aromatic N) is 2. The number of hydrogen-bond acceptors (Lipinski definition) is 3. The normalized spacial score (nSPS) is 18.3. The molecule has 0 N–H and O–H groups in total. The third kappa shape index (κ3) is 4.89. The molecule has 0 aliphatic carbocycles. The second-order valence-corrected chi connectivity index (χ2v) is 8.69. The average molecular weight is 409 g/mol. The van der Waals surface area contributed by atoms with E-state index in [4.69, 9.17) is 23.2 Å². The fourth-order valence-electron chi connectivity index (χ4n) is 3.58. The van der Waals surface area contributed by atoms with Crippen LogP contribution in [0.4, 0.5) is 5.69 Å². The van der Waals surface area contributed by atoms with Gasteiger partial charge in [-0.05, 0) is 67.3 Å². The quantitative estimate of drug-likeness (QED) is 0.547. The summed E-state index contributed by atoms with van der Waals surface area (Å²) in [4.78, 5) is 5.03. The van der Waals surface area contributed by atoms with Crippen LogP contribution >= 0.6 is 35.0 Å². The third-order valence-corrected chi connectivity index (χ3v) is 6.21. The van der Waals surface area contributed by atoms with Crippen LogP contribution in [0.1, 0.15) is 23.6 Å². The van der Waals surface area contributed by atoms with Crippen molar-refractivity contribution in [3.05, 3.63) is 63.6 Å². The van der Waals surface area contributed by atoms with Gasteiger partial charge in [0.25, 0.3) is 0 Å². The number of hydrogen-bond donors (Lipinski definition) is 0. The zero-order valence-corrected chi connectivity index (χ0v) is 17.7. The summed E-state index contributed by atoms with van der Waals surface area (Å²) in [5, 5.41) is 1.61. The van der Waals surface area contributed by atoms with Gasteiger partial charge >= 0.3 is 0 Å². The first kappa shape index (κ1) is 19.9. The lowest BCUT2D eigenvalue weighted by atomic mass is 10.0. The first-order valence-corrected chi connectivity index (χ1v) is 11.2. The molecule has 1 heterocycles. The number of aryl methyl sites for hydroxylation is 1. The molecule has 1 atom stereocenters. The van der Waals surface area contributed by atoms with Crippen LogP contribution < -0.4 is 4.90 Å². The second kappa shape index (κ2) is 9.36. The van der Waals surface area contributed by atoms with Crippen LogP contribution in [-0.4, -0.2) is 43.1 Å². The lowest BCUT2D eigenvalue weighted by molar-refractivity contribution is 0.224. The Morgan fingerprint density at radius 2 is 1.85 bits per heavy atom. The number of thioether (sulfide) groups is 1. The molecule has 2 aromatic rings. The minimum Gasteiger partial charge on any atom is -0.361 e. The first-order valence-electron chi connectivity index (χ1n) is 9.08. The molecule has 0 spiro atoms. The number of piperazine rings is 1. The molecule has 26 heavy (non-hydrogen) atoms. The maximum Gasteiger partial charge on any atom is 0.0670 e. The smallest absolute Gasteiger partial charge is 0.0670 e. The molecule has 0 aromatic heterocycles. The second-order valence-electron chi connectivity index (χ2n) is 6.86. The van der Waals surface area contributed by atoms with E-state index in [-0.39, 0.29) is 6.04 Å². The zero-order chi connectivity index (χ0) is 18.5. The van der Waals surface area contributed by atoms with Crippen molar-refractivity contribution in [2.24, 2.45) is 0 Å². The minimum absolute atomic E-state index is 0.288. The summed E-state index contributed by atoms with van der Waals surface area (Å²) >= 11 is 14.6. The standard InChI is InChI=1S/C21H26Cl2N2S/c1-16-4-9-20(19(23)14-16)25-12-11-24(10-3-13-26-2)15-21(25)17-5-7-18(22)8-6-17/h4-9,14,21H,3,10-13,15H2,1-2H3. The van der Waals surface area contributed by atoms with E-state index in [9.17, 15) is 0 Å². The van der Waals surface area contributed by atoms with Crippen molar-refractivity contribution in [1.29, 1.82) is 0 Å². The van der Waals surface area contributed by atoms with Crippen LogP contribution in [0.15, 0.2) is 42.5 Å². The van der Waals surface area contributed by atoms with Crippen molar-refractivity contribution < 1.29 is 0 Å². The highest BCUT2D eigenvalue weighted by atomic mass is 35.5. The lowest BCUT2D eigenvalue weighted by Crippen LogP contribution is -2.49. The summed E-state index contributed by atoms with van der Waals surface area (Å²) in [5.74, 6) is 1.22. The highest BCUT2D eigenvalue weighted by Crippen LogP contribution is 2.36. The van der Waals surface area contributed by atoms with Crippen LogP contribution in [0.2, 0.25) is 10.0 Å². The van der Waals surface area contributed by atoms with Crippen molar-refractivity contribution in [1.82, 2.24) is 4.90 Å². The molecule has 1 saturated heterocycles. The predicted molar refractivity (Wildman–Crippen MR) is 117 cm³/mol. The molecule has 0 saturated carbocycles. The summed E-state index contributed by atoms with van der Waals surface area (Å²) in [5.41, 5.74) is 3.61. The van der Waals surface area contributed by atoms with E-state index in [0.29, 0.717) is 0 Å². The van der Waals surface area contributed by atoms with Gasteiger partial charge in [0.2, 0.25) is 0 Å². The molecule has 2 aromatic carbocycles. The van der Waals surface area contributed by atoms with Crippen LogP contribution in [0.5, 0.6) is 0 Å². The van der Waals surface area contributed by atoms with E-state index < -0.39 is 0 Å². The van der Waals surface area contributed by atoms with Crippen molar-refractivity contribution in [3.8, 4) is 0 Å². The fourth-order valence-corrected chi connectivity index (χ4v) is 4.47. The maximum atomic E-state index is 6.60. The Hall–Kier alpha value is -0.870. The van der Waals surface area contributed by atoms with Crippen molar-refractivity contribution in [3.63, 3.8) is 0 Å². The molecular formula is C21H26Cl2N2S. The zero-order valence-electron chi connectivity index (χ0n) is 15.4. The van der Waals surface area contributed by atoms with Crippen LogP contribution in [0, 0.1) is 6.92 Å². The van der Waals surface area contributed by atoms with Crippen LogP contribution in [0.25, 0.3) is 0 Å². The van der Waals surface area contributed by atoms with Gasteiger partial charge in [-0.15, -0.1) is 0 Å². The van der Waals surface area contributed by atoms with Crippen molar-refractivity contribution in [2.45, 2.75) is 19.4 Å². The summed E-state index contributed by atoms with van der Waals surface area (Å²) in [6.45, 7) is 6.30. The molecular weight excluding hydrogens is 383 g/mol. The highest BCUT2D eigenvalue weighted by molar-refractivity contribution is 7.98. The summed E-state index contributed by atoms with van der Waals surface area (Å²) in [6, 6.07) is 14.9. The first-order chi connectivity index (χ1) is 12.6. The molecule has 2 nitrogen and oxygen atoms in total. The molecule has 0 amide bonds. The Balaban J connectivity index is 1.86. The minimum atomic E-state index is 0.288. The Labute approximate surface area is 171 Å². The predicted octanol–water partition coefficient (Wildman–Crippen LogP) is 5.92. The third-order valence-electron chi connectivity index (χ3n) is 4.95. The molecule has 3 rings (SSSR count). The van der Waals surface area contributed by atoms with E-state index >= 15 is 0 Å². The maximum absolute atomic E-state index is 6.60. The van der Waals surface area contributed by atoms with E-state index in [1.165, 1.54) is 23.3 Å². The fraction of sp³-hybridized carbons (Fsp3) is 0.429. The average Bonchev–Trinajstić information content (AvgIpc) is 2.63. The van der Waals surface area contributed by atoms with Crippen LogP contribution in [0.3, 0.4) is 0 Å². The summed E-state index contributed by atoms with van der Waals surface area (Å²) in [6.07, 6.45) is 3.41. The molecule has 1 fully saturated rings.